The van der Waals surface area contributed by atoms with E-state index in [0.717, 1.165) is 6.42 Å². The zero-order valence-corrected chi connectivity index (χ0v) is 18.0. The Hall–Kier alpha value is -2.54. The first-order chi connectivity index (χ1) is 13.4. The number of methoxy groups -OCH3 is 1. The highest BCUT2D eigenvalue weighted by molar-refractivity contribution is 9.10. The number of likely N-dealkylation sites (N-methyl/N-ethyl adjacent to an activating group) is 1. The van der Waals surface area contributed by atoms with Crippen molar-refractivity contribution in [1.29, 1.82) is 0 Å². The number of rotatable bonds is 8. The minimum atomic E-state index is -1.04. The third kappa shape index (κ3) is 5.25. The van der Waals surface area contributed by atoms with E-state index in [0.29, 0.717) is 28.1 Å². The van der Waals surface area contributed by atoms with Gasteiger partial charge in [0.05, 0.1) is 23.8 Å². The van der Waals surface area contributed by atoms with Gasteiger partial charge in [-0.25, -0.2) is 4.79 Å². The third-order valence-corrected chi connectivity index (χ3v) is 4.50. The molecule has 0 aliphatic heterocycles. The van der Waals surface area contributed by atoms with Gasteiger partial charge in [0.25, 0.3) is 5.91 Å². The lowest BCUT2D eigenvalue weighted by molar-refractivity contribution is -0.138. The number of amides is 1. The molecule has 0 radical (unpaired) electrons. The van der Waals surface area contributed by atoms with E-state index < -0.39 is 12.1 Å². The van der Waals surface area contributed by atoms with Crippen molar-refractivity contribution in [2.45, 2.75) is 19.4 Å². The standard InChI is InChI=1S/C21H24BrNO5/c1-5-11-27-19-16(22)12-15(13-17(19)26-4)21(25)28-18(20(24)23(2)3)14-9-7-6-8-10-14/h6-10,12-13,18H,5,11H2,1-4H3. The summed E-state index contributed by atoms with van der Waals surface area (Å²) in [5, 5.41) is 0. The lowest BCUT2D eigenvalue weighted by Crippen LogP contribution is -2.31. The van der Waals surface area contributed by atoms with E-state index in [1.807, 2.05) is 13.0 Å². The van der Waals surface area contributed by atoms with E-state index in [4.69, 9.17) is 14.2 Å². The summed E-state index contributed by atoms with van der Waals surface area (Å²) < 4.78 is 17.2. The minimum Gasteiger partial charge on any atom is -0.493 e. The van der Waals surface area contributed by atoms with Crippen LogP contribution in [0.25, 0.3) is 0 Å². The summed E-state index contributed by atoms with van der Waals surface area (Å²) in [4.78, 5) is 26.8. The van der Waals surface area contributed by atoms with Crippen LogP contribution in [0.2, 0.25) is 0 Å². The molecule has 0 fully saturated rings. The van der Waals surface area contributed by atoms with Crippen LogP contribution in [0.15, 0.2) is 46.9 Å². The highest BCUT2D eigenvalue weighted by atomic mass is 79.9. The van der Waals surface area contributed by atoms with Crippen LogP contribution in [-0.4, -0.2) is 44.6 Å². The molecule has 0 spiro atoms. The zero-order valence-electron chi connectivity index (χ0n) is 16.4. The Kier molecular flexibility index (Phi) is 7.87. The summed E-state index contributed by atoms with van der Waals surface area (Å²) in [6.07, 6.45) is -0.199. The molecule has 1 atom stereocenters. The van der Waals surface area contributed by atoms with Crippen LogP contribution in [0, 0.1) is 0 Å². The molecule has 1 amide bonds. The molecule has 0 bridgehead atoms. The van der Waals surface area contributed by atoms with Crippen molar-refractivity contribution in [3.05, 3.63) is 58.1 Å². The van der Waals surface area contributed by atoms with E-state index in [9.17, 15) is 9.59 Å². The van der Waals surface area contributed by atoms with Crippen LogP contribution in [0.1, 0.15) is 35.4 Å². The Morgan fingerprint density at radius 1 is 1.14 bits per heavy atom. The van der Waals surface area contributed by atoms with Gasteiger partial charge in [-0.1, -0.05) is 37.3 Å². The van der Waals surface area contributed by atoms with Gasteiger partial charge < -0.3 is 19.1 Å². The van der Waals surface area contributed by atoms with Gasteiger partial charge in [-0.15, -0.1) is 0 Å². The Bertz CT molecular complexity index is 823. The van der Waals surface area contributed by atoms with Crippen molar-refractivity contribution in [3.8, 4) is 11.5 Å². The molecule has 2 aromatic carbocycles. The Labute approximate surface area is 173 Å². The number of carbonyl (C=O) groups is 2. The van der Waals surface area contributed by atoms with Crippen LogP contribution in [0.4, 0.5) is 0 Å². The number of hydrogen-bond acceptors (Lipinski definition) is 5. The summed E-state index contributed by atoms with van der Waals surface area (Å²) in [5.74, 6) is -0.0339. The summed E-state index contributed by atoms with van der Waals surface area (Å²) in [5.41, 5.74) is 0.851. The molecular weight excluding hydrogens is 426 g/mol. The predicted molar refractivity (Wildman–Crippen MR) is 110 cm³/mol. The molecule has 6 nitrogen and oxygen atoms in total. The first kappa shape index (κ1) is 21.8. The molecule has 0 saturated heterocycles. The highest BCUT2D eigenvalue weighted by Gasteiger charge is 2.28. The van der Waals surface area contributed by atoms with Crippen LogP contribution in [0.5, 0.6) is 11.5 Å². The predicted octanol–water partition coefficient (Wildman–Crippen LogP) is 4.23. The molecule has 28 heavy (non-hydrogen) atoms. The molecule has 0 aromatic heterocycles. The van der Waals surface area contributed by atoms with Crippen molar-refractivity contribution < 1.29 is 23.8 Å². The van der Waals surface area contributed by atoms with Crippen molar-refractivity contribution in [3.63, 3.8) is 0 Å². The van der Waals surface area contributed by atoms with Crippen LogP contribution in [0.3, 0.4) is 0 Å². The average Bonchev–Trinajstić information content (AvgIpc) is 2.70. The SMILES string of the molecule is CCCOc1c(Br)cc(C(=O)OC(C(=O)N(C)C)c2ccccc2)cc1OC. The first-order valence-electron chi connectivity index (χ1n) is 8.86. The second-order valence-electron chi connectivity index (χ2n) is 6.27. The van der Waals surface area contributed by atoms with Crippen molar-refractivity contribution in [2.24, 2.45) is 0 Å². The molecule has 0 N–H and O–H groups in total. The second kappa shape index (κ2) is 10.1. The van der Waals surface area contributed by atoms with E-state index in [1.54, 1.807) is 50.5 Å². The number of carbonyl (C=O) groups excluding carboxylic acids is 2. The second-order valence-corrected chi connectivity index (χ2v) is 7.12. The molecule has 0 saturated carbocycles. The molecule has 2 aromatic rings. The fraction of sp³-hybridized carbons (Fsp3) is 0.333. The van der Waals surface area contributed by atoms with Gasteiger partial charge >= 0.3 is 5.97 Å². The summed E-state index contributed by atoms with van der Waals surface area (Å²) in [7, 11) is 4.73. The summed E-state index contributed by atoms with van der Waals surface area (Å²) in [6.45, 7) is 2.52. The van der Waals surface area contributed by atoms with E-state index in [1.165, 1.54) is 12.0 Å². The molecule has 1 unspecified atom stereocenters. The average molecular weight is 450 g/mol. The Balaban J connectivity index is 2.33. The maximum atomic E-state index is 12.8. The Morgan fingerprint density at radius 2 is 1.82 bits per heavy atom. The van der Waals surface area contributed by atoms with Crippen molar-refractivity contribution >= 4 is 27.8 Å². The van der Waals surface area contributed by atoms with Crippen molar-refractivity contribution in [1.82, 2.24) is 4.90 Å². The van der Waals surface area contributed by atoms with Gasteiger partial charge in [-0.3, -0.25) is 4.79 Å². The molecule has 0 heterocycles. The molecular formula is C21H24BrNO5. The summed E-state index contributed by atoms with van der Waals surface area (Å²) in [6, 6.07) is 12.0. The summed E-state index contributed by atoms with van der Waals surface area (Å²) >= 11 is 3.41. The molecule has 0 aliphatic rings. The number of esters is 1. The largest absolute Gasteiger partial charge is 0.493 e. The topological polar surface area (TPSA) is 65.1 Å². The number of benzene rings is 2. The molecule has 7 heteroatoms. The molecule has 0 aliphatic carbocycles. The number of ether oxygens (including phenoxy) is 3. The first-order valence-corrected chi connectivity index (χ1v) is 9.65. The highest BCUT2D eigenvalue weighted by Crippen LogP contribution is 2.37. The number of hydrogen-bond donors (Lipinski definition) is 0. The fourth-order valence-corrected chi connectivity index (χ4v) is 3.04. The Morgan fingerprint density at radius 3 is 2.39 bits per heavy atom. The molecule has 2 rings (SSSR count). The zero-order chi connectivity index (χ0) is 20.7. The van der Waals surface area contributed by atoms with E-state index in [-0.39, 0.29) is 11.5 Å². The maximum Gasteiger partial charge on any atom is 0.339 e. The van der Waals surface area contributed by atoms with Crippen LogP contribution >= 0.6 is 15.9 Å². The third-order valence-electron chi connectivity index (χ3n) is 3.91. The van der Waals surface area contributed by atoms with Gasteiger partial charge in [0, 0.05) is 19.7 Å². The smallest absolute Gasteiger partial charge is 0.339 e. The van der Waals surface area contributed by atoms with Gasteiger partial charge in [0.15, 0.2) is 11.5 Å². The van der Waals surface area contributed by atoms with E-state index >= 15 is 0 Å². The fourth-order valence-electron chi connectivity index (χ4n) is 2.48. The van der Waals surface area contributed by atoms with Crippen LogP contribution < -0.4 is 9.47 Å². The van der Waals surface area contributed by atoms with Crippen LogP contribution in [-0.2, 0) is 9.53 Å². The lowest BCUT2D eigenvalue weighted by Gasteiger charge is -2.21. The maximum absolute atomic E-state index is 12.8. The van der Waals surface area contributed by atoms with Crippen molar-refractivity contribution in [2.75, 3.05) is 27.8 Å². The van der Waals surface area contributed by atoms with Gasteiger partial charge in [0.1, 0.15) is 0 Å². The van der Waals surface area contributed by atoms with Gasteiger partial charge in [-0.05, 0) is 34.5 Å². The monoisotopic (exact) mass is 449 g/mol. The number of nitrogens with zero attached hydrogens (tertiary/aromatic N) is 1. The number of halogens is 1. The van der Waals surface area contributed by atoms with Gasteiger partial charge in [-0.2, -0.15) is 0 Å². The normalized spacial score (nSPS) is 11.5. The molecule has 150 valence electrons. The quantitative estimate of drug-likeness (QED) is 0.564. The van der Waals surface area contributed by atoms with Gasteiger partial charge in [0.2, 0.25) is 6.10 Å². The van der Waals surface area contributed by atoms with E-state index in [2.05, 4.69) is 15.9 Å². The lowest BCUT2D eigenvalue weighted by atomic mass is 10.1. The minimum absolute atomic E-state index is 0.250.